The molecule has 3 rings (SSSR count). The number of ether oxygens (including phenoxy) is 1. The number of furan rings is 1. The van der Waals surface area contributed by atoms with Gasteiger partial charge in [0.25, 0.3) is 5.91 Å². The second kappa shape index (κ2) is 7.19. The summed E-state index contributed by atoms with van der Waals surface area (Å²) in [5.41, 5.74) is 0. The van der Waals surface area contributed by atoms with Crippen molar-refractivity contribution >= 4 is 21.8 Å². The first kappa shape index (κ1) is 16.1. The molecule has 23 heavy (non-hydrogen) atoms. The van der Waals surface area contributed by atoms with Crippen LogP contribution < -0.4 is 10.1 Å². The Morgan fingerprint density at radius 1 is 1.35 bits per heavy atom. The van der Waals surface area contributed by atoms with E-state index in [0.29, 0.717) is 24.7 Å². The van der Waals surface area contributed by atoms with E-state index in [1.165, 1.54) is 0 Å². The van der Waals surface area contributed by atoms with Crippen LogP contribution in [0.25, 0.3) is 0 Å². The Balaban J connectivity index is 1.61. The van der Waals surface area contributed by atoms with Gasteiger partial charge < -0.3 is 19.4 Å². The summed E-state index contributed by atoms with van der Waals surface area (Å²) in [6, 6.07) is 11.3. The van der Waals surface area contributed by atoms with Crippen LogP contribution in [0.2, 0.25) is 0 Å². The molecular formula is C17H19BrN2O3. The quantitative estimate of drug-likeness (QED) is 0.887. The van der Waals surface area contributed by atoms with Gasteiger partial charge in [0.1, 0.15) is 18.1 Å². The molecule has 1 saturated heterocycles. The first-order valence-corrected chi connectivity index (χ1v) is 8.41. The average molecular weight is 379 g/mol. The standard InChI is InChI=1S/C17H19BrN2O3/c1-12-10-19-8-9-20(12)17(21)16-7-6-15(23-16)11-22-14-4-2-13(18)3-5-14/h2-7,12,19H,8-11H2,1H3/t12-/m1/s1. The molecule has 122 valence electrons. The van der Waals surface area contributed by atoms with Gasteiger partial charge in [-0.05, 0) is 43.3 Å². The minimum absolute atomic E-state index is 0.0612. The number of amides is 1. The molecule has 0 radical (unpaired) electrons. The van der Waals surface area contributed by atoms with E-state index in [9.17, 15) is 4.79 Å². The lowest BCUT2D eigenvalue weighted by Crippen LogP contribution is -2.52. The lowest BCUT2D eigenvalue weighted by atomic mass is 10.2. The first-order chi connectivity index (χ1) is 11.1. The van der Waals surface area contributed by atoms with E-state index in [0.717, 1.165) is 23.3 Å². The van der Waals surface area contributed by atoms with Crippen molar-refractivity contribution in [2.24, 2.45) is 0 Å². The second-order valence-corrected chi connectivity index (χ2v) is 6.48. The molecule has 1 aliphatic rings. The molecule has 6 heteroatoms. The van der Waals surface area contributed by atoms with E-state index < -0.39 is 0 Å². The molecule has 1 amide bonds. The van der Waals surface area contributed by atoms with E-state index in [2.05, 4.69) is 21.2 Å². The van der Waals surface area contributed by atoms with Crippen LogP contribution >= 0.6 is 15.9 Å². The van der Waals surface area contributed by atoms with Crippen LogP contribution in [0.15, 0.2) is 45.3 Å². The number of benzene rings is 1. The van der Waals surface area contributed by atoms with Crippen molar-refractivity contribution in [1.29, 1.82) is 0 Å². The molecule has 1 fully saturated rings. The number of carbonyl (C=O) groups excluding carboxylic acids is 1. The normalized spacial score (nSPS) is 18.0. The number of rotatable bonds is 4. The maximum atomic E-state index is 12.5. The molecule has 5 nitrogen and oxygen atoms in total. The fourth-order valence-electron chi connectivity index (χ4n) is 2.54. The maximum absolute atomic E-state index is 12.5. The van der Waals surface area contributed by atoms with E-state index in [1.807, 2.05) is 36.1 Å². The summed E-state index contributed by atoms with van der Waals surface area (Å²) in [6.07, 6.45) is 0. The maximum Gasteiger partial charge on any atom is 0.289 e. The third kappa shape index (κ3) is 3.95. The van der Waals surface area contributed by atoms with Crippen molar-refractivity contribution in [1.82, 2.24) is 10.2 Å². The van der Waals surface area contributed by atoms with Crippen LogP contribution in [0.5, 0.6) is 5.75 Å². The number of nitrogens with zero attached hydrogens (tertiary/aromatic N) is 1. The summed E-state index contributed by atoms with van der Waals surface area (Å²) < 4.78 is 12.3. The molecule has 2 heterocycles. The van der Waals surface area contributed by atoms with Gasteiger partial charge >= 0.3 is 0 Å². The third-order valence-electron chi connectivity index (χ3n) is 3.83. The van der Waals surface area contributed by atoms with Crippen LogP contribution in [0.1, 0.15) is 23.2 Å². The number of halogens is 1. The lowest BCUT2D eigenvalue weighted by Gasteiger charge is -2.33. The van der Waals surface area contributed by atoms with E-state index in [4.69, 9.17) is 9.15 Å². The van der Waals surface area contributed by atoms with Gasteiger partial charge in [-0.1, -0.05) is 15.9 Å². The minimum atomic E-state index is -0.0612. The van der Waals surface area contributed by atoms with Crippen LogP contribution in [-0.4, -0.2) is 36.5 Å². The Kier molecular flexibility index (Phi) is 5.03. The monoisotopic (exact) mass is 378 g/mol. The van der Waals surface area contributed by atoms with Crippen LogP contribution in [0.4, 0.5) is 0 Å². The highest BCUT2D eigenvalue weighted by molar-refractivity contribution is 9.10. The zero-order chi connectivity index (χ0) is 16.2. The summed E-state index contributed by atoms with van der Waals surface area (Å²) in [5, 5.41) is 3.27. The molecule has 1 atom stereocenters. The van der Waals surface area contributed by atoms with Gasteiger partial charge in [0.15, 0.2) is 5.76 Å². The van der Waals surface area contributed by atoms with Gasteiger partial charge in [0.2, 0.25) is 0 Å². The van der Waals surface area contributed by atoms with E-state index in [-0.39, 0.29) is 11.9 Å². The van der Waals surface area contributed by atoms with Gasteiger partial charge in [-0.25, -0.2) is 0 Å². The lowest BCUT2D eigenvalue weighted by molar-refractivity contribution is 0.0619. The number of carbonyl (C=O) groups is 1. The van der Waals surface area contributed by atoms with Crippen LogP contribution in [0.3, 0.4) is 0 Å². The number of hydrogen-bond donors (Lipinski definition) is 1. The molecule has 0 aliphatic carbocycles. The van der Waals surface area contributed by atoms with Crippen molar-refractivity contribution in [3.05, 3.63) is 52.4 Å². The predicted molar refractivity (Wildman–Crippen MR) is 90.6 cm³/mol. The fourth-order valence-corrected chi connectivity index (χ4v) is 2.80. The van der Waals surface area contributed by atoms with Crippen molar-refractivity contribution in [2.75, 3.05) is 19.6 Å². The minimum Gasteiger partial charge on any atom is -0.486 e. The van der Waals surface area contributed by atoms with Crippen molar-refractivity contribution in [3.63, 3.8) is 0 Å². The SMILES string of the molecule is C[C@@H]1CNCCN1C(=O)c1ccc(COc2ccc(Br)cc2)o1. The van der Waals surface area contributed by atoms with Crippen molar-refractivity contribution < 1.29 is 13.9 Å². The highest BCUT2D eigenvalue weighted by atomic mass is 79.9. The van der Waals surface area contributed by atoms with Gasteiger partial charge in [0.05, 0.1) is 0 Å². The zero-order valence-electron chi connectivity index (χ0n) is 12.9. The predicted octanol–water partition coefficient (Wildman–Crippen LogP) is 3.06. The van der Waals surface area contributed by atoms with Gasteiger partial charge in [-0.3, -0.25) is 4.79 Å². The van der Waals surface area contributed by atoms with E-state index >= 15 is 0 Å². The summed E-state index contributed by atoms with van der Waals surface area (Å²) in [6.45, 7) is 4.66. The van der Waals surface area contributed by atoms with E-state index in [1.54, 1.807) is 12.1 Å². The number of hydrogen-bond acceptors (Lipinski definition) is 4. The Hall–Kier alpha value is -1.79. The molecule has 2 aromatic rings. The average Bonchev–Trinajstić information content (AvgIpc) is 3.03. The molecular weight excluding hydrogens is 360 g/mol. The summed E-state index contributed by atoms with van der Waals surface area (Å²) >= 11 is 3.38. The summed E-state index contributed by atoms with van der Waals surface area (Å²) in [4.78, 5) is 14.3. The zero-order valence-corrected chi connectivity index (χ0v) is 14.5. The second-order valence-electron chi connectivity index (χ2n) is 5.56. The van der Waals surface area contributed by atoms with Gasteiger partial charge in [-0.2, -0.15) is 0 Å². The number of nitrogens with one attached hydrogen (secondary N) is 1. The highest BCUT2D eigenvalue weighted by Crippen LogP contribution is 2.19. The van der Waals surface area contributed by atoms with Gasteiger partial charge in [-0.15, -0.1) is 0 Å². The molecule has 0 bridgehead atoms. The van der Waals surface area contributed by atoms with Crippen LogP contribution in [-0.2, 0) is 6.61 Å². The fraction of sp³-hybridized carbons (Fsp3) is 0.353. The highest BCUT2D eigenvalue weighted by Gasteiger charge is 2.26. The Morgan fingerprint density at radius 3 is 2.87 bits per heavy atom. The molecule has 1 aliphatic heterocycles. The van der Waals surface area contributed by atoms with Gasteiger partial charge in [0, 0.05) is 30.1 Å². The Morgan fingerprint density at radius 2 is 2.13 bits per heavy atom. The molecule has 0 saturated carbocycles. The van der Waals surface area contributed by atoms with Crippen LogP contribution in [0, 0.1) is 0 Å². The summed E-state index contributed by atoms with van der Waals surface area (Å²) in [5.74, 6) is 1.70. The first-order valence-electron chi connectivity index (χ1n) is 7.62. The molecule has 1 N–H and O–H groups in total. The molecule has 0 spiro atoms. The van der Waals surface area contributed by atoms with Crippen molar-refractivity contribution in [3.8, 4) is 5.75 Å². The van der Waals surface area contributed by atoms with Crippen molar-refractivity contribution in [2.45, 2.75) is 19.6 Å². The Labute approximate surface area is 143 Å². The topological polar surface area (TPSA) is 54.7 Å². The number of piperazine rings is 1. The Bertz CT molecular complexity index is 669. The molecule has 1 aromatic heterocycles. The summed E-state index contributed by atoms with van der Waals surface area (Å²) in [7, 11) is 0. The smallest absolute Gasteiger partial charge is 0.289 e. The largest absolute Gasteiger partial charge is 0.486 e. The molecule has 0 unspecified atom stereocenters. The molecule has 1 aromatic carbocycles. The third-order valence-corrected chi connectivity index (χ3v) is 4.36.